The Balaban J connectivity index is 0.00000120. The maximum absolute atomic E-state index is 12.2. The minimum Gasteiger partial charge on any atom is -0.346 e. The lowest BCUT2D eigenvalue weighted by atomic mass is 9.91. The van der Waals surface area contributed by atoms with Crippen LogP contribution in [-0.2, 0) is 5.54 Å². The molecule has 3 heterocycles. The van der Waals surface area contributed by atoms with Gasteiger partial charge in [-0.1, -0.05) is 24.3 Å². The summed E-state index contributed by atoms with van der Waals surface area (Å²) >= 11 is 0. The zero-order chi connectivity index (χ0) is 18.6. The van der Waals surface area contributed by atoms with Crippen molar-refractivity contribution in [2.75, 3.05) is 0 Å². The van der Waals surface area contributed by atoms with Crippen molar-refractivity contribution < 1.29 is 7.65 Å². The van der Waals surface area contributed by atoms with Crippen molar-refractivity contribution in [3.63, 3.8) is 0 Å². The summed E-state index contributed by atoms with van der Waals surface area (Å²) in [4.78, 5) is 20.1. The van der Waals surface area contributed by atoms with E-state index in [-0.39, 0.29) is 14.3 Å². The minimum atomic E-state index is -0.352. The van der Waals surface area contributed by atoms with Gasteiger partial charge in [-0.05, 0) is 61.6 Å². The fourth-order valence-electron chi connectivity index (χ4n) is 4.07. The Bertz CT molecular complexity index is 1160. The van der Waals surface area contributed by atoms with Crippen molar-refractivity contribution in [2.45, 2.75) is 32.2 Å². The topological polar surface area (TPSA) is 57.8 Å². The molecule has 1 aromatic carbocycles. The molecule has 2 aromatic heterocycles. The number of aromatic amines is 1. The summed E-state index contributed by atoms with van der Waals surface area (Å²) in [5.41, 5.74) is 6.90. The molecule has 4 nitrogen and oxygen atoms in total. The number of rotatable bonds is 2. The van der Waals surface area contributed by atoms with Crippen LogP contribution in [-0.4, -0.2) is 15.9 Å². The summed E-state index contributed by atoms with van der Waals surface area (Å²) in [6, 6.07) is 8.28. The van der Waals surface area contributed by atoms with Crippen molar-refractivity contribution in [3.8, 4) is 11.1 Å². The normalized spacial score (nSPS) is 17.7. The van der Waals surface area contributed by atoms with Crippen molar-refractivity contribution in [3.05, 3.63) is 71.6 Å². The summed E-state index contributed by atoms with van der Waals surface area (Å²) in [6.07, 6.45) is 12.8. The van der Waals surface area contributed by atoms with Gasteiger partial charge in [0, 0.05) is 37.3 Å². The monoisotopic (exact) mass is 359 g/mol. The predicted octanol–water partition coefficient (Wildman–Crippen LogP) is 5.43. The van der Waals surface area contributed by atoms with Gasteiger partial charge >= 0.3 is 0 Å². The Morgan fingerprint density at radius 1 is 1.11 bits per heavy atom. The average molecular weight is 359 g/mol. The van der Waals surface area contributed by atoms with Gasteiger partial charge in [0.25, 0.3) is 5.91 Å². The van der Waals surface area contributed by atoms with Crippen LogP contribution in [0.4, 0.5) is 0 Å². The number of allylic oxidation sites excluding steroid dienone is 4. The molecule has 0 atom stereocenters. The molecule has 138 valence electrons. The van der Waals surface area contributed by atoms with E-state index in [0.29, 0.717) is 0 Å². The average Bonchev–Trinajstić information content (AvgIpc) is 3.20. The molecule has 0 spiro atoms. The summed E-state index contributed by atoms with van der Waals surface area (Å²) in [6.45, 7) is 4.08. The molecule has 0 radical (unpaired) electrons. The van der Waals surface area contributed by atoms with E-state index in [0.717, 1.165) is 51.7 Å². The van der Waals surface area contributed by atoms with Gasteiger partial charge in [-0.25, -0.2) is 4.98 Å². The molecule has 1 aliphatic carbocycles. The number of nitrogens with one attached hydrogen (secondary N) is 2. The van der Waals surface area contributed by atoms with Gasteiger partial charge in [-0.3, -0.25) is 4.79 Å². The van der Waals surface area contributed by atoms with E-state index in [1.807, 2.05) is 38.4 Å². The number of hydrogen-bond donors (Lipinski definition) is 2. The lowest BCUT2D eigenvalue weighted by molar-refractivity contribution is 0.0940. The van der Waals surface area contributed by atoms with E-state index in [4.69, 9.17) is 0 Å². The van der Waals surface area contributed by atoms with E-state index in [9.17, 15) is 4.79 Å². The van der Waals surface area contributed by atoms with Gasteiger partial charge in [0.15, 0.2) is 0 Å². The summed E-state index contributed by atoms with van der Waals surface area (Å²) in [5, 5.41) is 4.15. The maximum Gasteiger partial charge on any atom is 0.252 e. The Kier molecular flexibility index (Phi) is 3.38. The van der Waals surface area contributed by atoms with E-state index in [2.05, 4.69) is 45.6 Å². The van der Waals surface area contributed by atoms with Gasteiger partial charge in [0.2, 0.25) is 0 Å². The Labute approximate surface area is 161 Å². The number of carbonyl (C=O) groups excluding carboxylic acids is 1. The minimum absolute atomic E-state index is 0. The van der Waals surface area contributed by atoms with Crippen molar-refractivity contribution in [1.29, 1.82) is 0 Å². The largest absolute Gasteiger partial charge is 0.346 e. The number of H-pyrrole nitrogens is 1. The first-order valence-electron chi connectivity index (χ1n) is 9.34. The Morgan fingerprint density at radius 3 is 2.81 bits per heavy atom. The van der Waals surface area contributed by atoms with Gasteiger partial charge in [-0.15, -0.1) is 0 Å². The number of aromatic nitrogens is 2. The van der Waals surface area contributed by atoms with Crippen LogP contribution >= 0.6 is 0 Å². The van der Waals surface area contributed by atoms with Crippen LogP contribution in [0.1, 0.15) is 51.0 Å². The van der Waals surface area contributed by atoms with Gasteiger partial charge in [0.1, 0.15) is 5.65 Å². The summed E-state index contributed by atoms with van der Waals surface area (Å²) in [5.74, 6) is 0.000419. The summed E-state index contributed by atoms with van der Waals surface area (Å²) in [7, 11) is 0. The smallest absolute Gasteiger partial charge is 0.252 e. The maximum atomic E-state index is 12.2. The molecular formula is C23H25N3O. The zero-order valence-electron chi connectivity index (χ0n) is 15.5. The van der Waals surface area contributed by atoms with Gasteiger partial charge < -0.3 is 10.3 Å². The molecule has 0 saturated carbocycles. The highest BCUT2D eigenvalue weighted by Crippen LogP contribution is 2.36. The highest BCUT2D eigenvalue weighted by molar-refractivity contribution is 6.02. The van der Waals surface area contributed by atoms with E-state index >= 15 is 0 Å². The van der Waals surface area contributed by atoms with E-state index in [1.165, 1.54) is 5.57 Å². The van der Waals surface area contributed by atoms with Crippen LogP contribution in [0.3, 0.4) is 0 Å². The predicted molar refractivity (Wildman–Crippen MR) is 113 cm³/mol. The van der Waals surface area contributed by atoms with E-state index < -0.39 is 0 Å². The number of pyridine rings is 1. The highest BCUT2D eigenvalue weighted by Gasteiger charge is 2.35. The molecule has 1 amide bonds. The van der Waals surface area contributed by atoms with Gasteiger partial charge in [0.05, 0.1) is 5.54 Å². The molecule has 1 aliphatic heterocycles. The van der Waals surface area contributed by atoms with Crippen molar-refractivity contribution in [2.24, 2.45) is 0 Å². The molecule has 5 rings (SSSR count). The van der Waals surface area contributed by atoms with Crippen molar-refractivity contribution in [1.82, 2.24) is 15.3 Å². The fraction of sp³-hybridized carbons (Fsp3) is 0.217. The van der Waals surface area contributed by atoms with Crippen LogP contribution in [0.25, 0.3) is 27.7 Å². The molecule has 0 saturated heterocycles. The molecule has 2 N–H and O–H groups in total. The fourth-order valence-corrected chi connectivity index (χ4v) is 4.07. The molecule has 2 aliphatic rings. The first-order valence-corrected chi connectivity index (χ1v) is 9.34. The third-order valence-corrected chi connectivity index (χ3v) is 5.53. The SMILES string of the molecule is CC1(C)NC(=O)c2ccc(-c3c[nH]c4ncc(C5=CCCC=C5)cc34)cc21.[HH].[HH]. The number of fused-ring (bicyclic) bond motifs is 2. The lowest BCUT2D eigenvalue weighted by Crippen LogP contribution is -2.32. The number of hydrogen-bond acceptors (Lipinski definition) is 2. The van der Waals surface area contributed by atoms with Crippen LogP contribution in [0.2, 0.25) is 0 Å². The van der Waals surface area contributed by atoms with Crippen LogP contribution in [0, 0.1) is 0 Å². The Hall–Kier alpha value is -3.14. The number of carbonyl (C=O) groups is 1. The molecular weight excluding hydrogens is 334 g/mol. The Morgan fingerprint density at radius 2 is 2.00 bits per heavy atom. The summed E-state index contributed by atoms with van der Waals surface area (Å²) < 4.78 is 0. The zero-order valence-corrected chi connectivity index (χ0v) is 15.5. The molecule has 3 aromatic rings. The molecule has 0 fully saturated rings. The molecule has 0 unspecified atom stereocenters. The van der Waals surface area contributed by atoms with Crippen LogP contribution < -0.4 is 5.32 Å². The highest BCUT2D eigenvalue weighted by atomic mass is 16.2. The van der Waals surface area contributed by atoms with E-state index in [1.54, 1.807) is 0 Å². The van der Waals surface area contributed by atoms with Crippen LogP contribution in [0.15, 0.2) is 54.9 Å². The second kappa shape index (κ2) is 5.68. The number of nitrogens with zero attached hydrogens (tertiary/aromatic N) is 1. The molecule has 4 heteroatoms. The van der Waals surface area contributed by atoms with Crippen molar-refractivity contribution >= 4 is 22.5 Å². The quantitative estimate of drug-likeness (QED) is 0.640. The van der Waals surface area contributed by atoms with Crippen LogP contribution in [0.5, 0.6) is 0 Å². The second-order valence-corrected chi connectivity index (χ2v) is 7.80. The third kappa shape index (κ3) is 2.52. The molecule has 0 bridgehead atoms. The second-order valence-electron chi connectivity index (χ2n) is 7.80. The lowest BCUT2D eigenvalue weighted by Gasteiger charge is -2.19. The molecule has 27 heavy (non-hydrogen) atoms. The first kappa shape index (κ1) is 16.1. The first-order chi connectivity index (χ1) is 13.0. The standard InChI is InChI=1S/C23H21N3O.2H2/c1-23(2)20-11-15(8-9-17(20)22(27)26-23)19-13-25-21-18(19)10-16(12-24-21)14-6-4-3-5-7-14;;/h4,6-13H,3,5H2,1-2H3,(H,24,25)(H,26,27);2*1H. The number of amides is 1. The number of benzene rings is 1. The third-order valence-electron chi connectivity index (χ3n) is 5.53. The van der Waals surface area contributed by atoms with Gasteiger partial charge in [-0.2, -0.15) is 0 Å².